The number of carbonyl (C=O) groups is 2. The van der Waals surface area contributed by atoms with Gasteiger partial charge < -0.3 is 10.2 Å². The third kappa shape index (κ3) is 2.80. The Labute approximate surface area is 142 Å². The molecular weight excluding hydrogens is 300 g/mol. The third-order valence-corrected chi connectivity index (χ3v) is 4.46. The Morgan fingerprint density at radius 1 is 1.08 bits per heavy atom. The van der Waals surface area contributed by atoms with E-state index in [9.17, 15) is 9.59 Å². The van der Waals surface area contributed by atoms with Crippen molar-refractivity contribution in [1.29, 1.82) is 0 Å². The fraction of sp³-hybridized carbons (Fsp3) is 0.300. The van der Waals surface area contributed by atoms with Crippen LogP contribution in [0.15, 0.2) is 42.5 Å². The quantitative estimate of drug-likeness (QED) is 0.939. The highest BCUT2D eigenvalue weighted by atomic mass is 16.2. The lowest BCUT2D eigenvalue weighted by Gasteiger charge is -2.20. The summed E-state index contributed by atoms with van der Waals surface area (Å²) in [6.07, 6.45) is 0. The van der Waals surface area contributed by atoms with Gasteiger partial charge in [-0.15, -0.1) is 0 Å². The van der Waals surface area contributed by atoms with Crippen LogP contribution in [0, 0.1) is 13.8 Å². The first-order valence-electron chi connectivity index (χ1n) is 8.08. The second-order valence-electron chi connectivity index (χ2n) is 6.96. The summed E-state index contributed by atoms with van der Waals surface area (Å²) in [5.74, 6) is -0.236. The minimum Gasteiger partial charge on any atom is -0.325 e. The van der Waals surface area contributed by atoms with Crippen molar-refractivity contribution in [3.8, 4) is 0 Å². The summed E-state index contributed by atoms with van der Waals surface area (Å²) in [6, 6.07) is 13.6. The van der Waals surface area contributed by atoms with E-state index in [0.717, 1.165) is 28.1 Å². The average Bonchev–Trinajstić information content (AvgIpc) is 2.68. The van der Waals surface area contributed by atoms with E-state index in [2.05, 4.69) is 11.4 Å². The molecule has 2 amide bonds. The number of aryl methyl sites for hydroxylation is 2. The van der Waals surface area contributed by atoms with Gasteiger partial charge in [-0.2, -0.15) is 0 Å². The zero-order chi connectivity index (χ0) is 17.5. The lowest BCUT2D eigenvalue weighted by molar-refractivity contribution is -0.124. The molecule has 1 aliphatic heterocycles. The molecule has 1 N–H and O–H groups in total. The first-order chi connectivity index (χ1) is 11.3. The highest BCUT2D eigenvalue weighted by Gasteiger charge is 2.44. The van der Waals surface area contributed by atoms with Gasteiger partial charge in [-0.3, -0.25) is 9.59 Å². The fourth-order valence-electron chi connectivity index (χ4n) is 3.35. The number of carbonyl (C=O) groups excluding carboxylic acids is 2. The molecule has 24 heavy (non-hydrogen) atoms. The van der Waals surface area contributed by atoms with Gasteiger partial charge in [0.1, 0.15) is 6.54 Å². The van der Waals surface area contributed by atoms with Crippen molar-refractivity contribution in [1.82, 2.24) is 0 Å². The largest absolute Gasteiger partial charge is 0.325 e. The molecule has 0 saturated heterocycles. The maximum atomic E-state index is 12.7. The van der Waals surface area contributed by atoms with Gasteiger partial charge in [0.15, 0.2) is 0 Å². The van der Waals surface area contributed by atoms with Crippen LogP contribution < -0.4 is 10.2 Å². The average molecular weight is 322 g/mol. The smallest absolute Gasteiger partial charge is 0.244 e. The summed E-state index contributed by atoms with van der Waals surface area (Å²) in [5, 5.41) is 2.90. The molecule has 2 aromatic rings. The highest BCUT2D eigenvalue weighted by Crippen LogP contribution is 2.41. The van der Waals surface area contributed by atoms with Crippen LogP contribution in [0.2, 0.25) is 0 Å². The Morgan fingerprint density at radius 3 is 2.38 bits per heavy atom. The van der Waals surface area contributed by atoms with Gasteiger partial charge in [0, 0.05) is 11.4 Å². The minimum atomic E-state index is -0.600. The fourth-order valence-corrected chi connectivity index (χ4v) is 3.35. The number of anilines is 2. The van der Waals surface area contributed by atoms with E-state index in [4.69, 9.17) is 0 Å². The highest BCUT2D eigenvalue weighted by molar-refractivity contribution is 6.11. The van der Waals surface area contributed by atoms with E-state index < -0.39 is 5.41 Å². The second-order valence-corrected chi connectivity index (χ2v) is 6.96. The predicted molar refractivity (Wildman–Crippen MR) is 96.4 cm³/mol. The van der Waals surface area contributed by atoms with Crippen LogP contribution in [0.25, 0.3) is 0 Å². The monoisotopic (exact) mass is 322 g/mol. The van der Waals surface area contributed by atoms with Gasteiger partial charge in [-0.1, -0.05) is 24.3 Å². The molecule has 124 valence electrons. The molecular formula is C20H22N2O2. The Balaban J connectivity index is 1.81. The molecule has 4 nitrogen and oxygen atoms in total. The number of hydrogen-bond donors (Lipinski definition) is 1. The van der Waals surface area contributed by atoms with E-state index in [0.29, 0.717) is 0 Å². The van der Waals surface area contributed by atoms with Gasteiger partial charge in [0.2, 0.25) is 11.8 Å². The first-order valence-corrected chi connectivity index (χ1v) is 8.08. The predicted octanol–water partition coefficient (Wildman–Crippen LogP) is 3.57. The lowest BCUT2D eigenvalue weighted by Crippen LogP contribution is -2.40. The van der Waals surface area contributed by atoms with Crippen molar-refractivity contribution >= 4 is 23.2 Å². The molecule has 0 spiro atoms. The normalized spacial score (nSPS) is 15.3. The standard InChI is InChI=1S/C20H22N2O2/c1-13-9-14(2)11-15(10-13)21-18(23)12-22-17-8-6-5-7-16(17)20(3,4)19(22)24/h5-11H,12H2,1-4H3,(H,21,23). The van der Waals surface area contributed by atoms with E-state index in [1.54, 1.807) is 4.90 Å². The summed E-state index contributed by atoms with van der Waals surface area (Å²) < 4.78 is 0. The number of amides is 2. The summed E-state index contributed by atoms with van der Waals surface area (Å²) >= 11 is 0. The van der Waals surface area contributed by atoms with Crippen LogP contribution >= 0.6 is 0 Å². The Hall–Kier alpha value is -2.62. The molecule has 0 radical (unpaired) electrons. The maximum Gasteiger partial charge on any atom is 0.244 e. The van der Waals surface area contributed by atoms with Crippen LogP contribution in [0.1, 0.15) is 30.5 Å². The van der Waals surface area contributed by atoms with Crippen LogP contribution in [-0.2, 0) is 15.0 Å². The number of rotatable bonds is 3. The van der Waals surface area contributed by atoms with Crippen molar-refractivity contribution in [2.24, 2.45) is 0 Å². The van der Waals surface area contributed by atoms with Crippen LogP contribution in [0.5, 0.6) is 0 Å². The number of fused-ring (bicyclic) bond motifs is 1. The molecule has 3 rings (SSSR count). The molecule has 4 heteroatoms. The van der Waals surface area contributed by atoms with Gasteiger partial charge in [-0.05, 0) is 62.6 Å². The topological polar surface area (TPSA) is 49.4 Å². The summed E-state index contributed by atoms with van der Waals surface area (Å²) in [7, 11) is 0. The molecule has 2 aromatic carbocycles. The van der Waals surface area contributed by atoms with Crippen molar-refractivity contribution < 1.29 is 9.59 Å². The van der Waals surface area contributed by atoms with Crippen molar-refractivity contribution in [3.63, 3.8) is 0 Å². The summed E-state index contributed by atoms with van der Waals surface area (Å²) in [5.41, 5.74) is 4.13. The molecule has 1 aliphatic rings. The zero-order valence-corrected chi connectivity index (χ0v) is 14.5. The number of nitrogens with one attached hydrogen (secondary N) is 1. The van der Waals surface area contributed by atoms with Crippen molar-refractivity contribution in [3.05, 3.63) is 59.2 Å². The molecule has 1 heterocycles. The molecule has 0 atom stereocenters. The number of hydrogen-bond acceptors (Lipinski definition) is 2. The Morgan fingerprint density at radius 2 is 1.71 bits per heavy atom. The van der Waals surface area contributed by atoms with E-state index in [1.165, 1.54) is 0 Å². The van der Waals surface area contributed by atoms with E-state index in [1.807, 2.05) is 64.1 Å². The number of para-hydroxylation sites is 1. The molecule has 0 aromatic heterocycles. The maximum absolute atomic E-state index is 12.7. The van der Waals surface area contributed by atoms with E-state index >= 15 is 0 Å². The van der Waals surface area contributed by atoms with Gasteiger partial charge in [0.25, 0.3) is 0 Å². The van der Waals surface area contributed by atoms with Crippen LogP contribution in [-0.4, -0.2) is 18.4 Å². The Kier molecular flexibility index (Phi) is 3.91. The molecule has 0 saturated carbocycles. The third-order valence-electron chi connectivity index (χ3n) is 4.46. The van der Waals surface area contributed by atoms with Gasteiger partial charge >= 0.3 is 0 Å². The number of nitrogens with zero attached hydrogens (tertiary/aromatic N) is 1. The summed E-state index contributed by atoms with van der Waals surface area (Å²) in [6.45, 7) is 7.80. The molecule has 0 fully saturated rings. The molecule has 0 aliphatic carbocycles. The summed E-state index contributed by atoms with van der Waals surface area (Å²) in [4.78, 5) is 26.8. The van der Waals surface area contributed by atoms with Crippen LogP contribution in [0.4, 0.5) is 11.4 Å². The van der Waals surface area contributed by atoms with Gasteiger partial charge in [-0.25, -0.2) is 0 Å². The Bertz CT molecular complexity index is 804. The van der Waals surface area contributed by atoms with Crippen molar-refractivity contribution in [2.75, 3.05) is 16.8 Å². The van der Waals surface area contributed by atoms with E-state index in [-0.39, 0.29) is 18.4 Å². The zero-order valence-electron chi connectivity index (χ0n) is 14.5. The molecule has 0 bridgehead atoms. The van der Waals surface area contributed by atoms with Crippen molar-refractivity contribution in [2.45, 2.75) is 33.1 Å². The SMILES string of the molecule is Cc1cc(C)cc(NC(=O)CN2C(=O)C(C)(C)c3ccccc32)c1. The lowest BCUT2D eigenvalue weighted by atomic mass is 9.86. The van der Waals surface area contributed by atoms with Gasteiger partial charge in [0.05, 0.1) is 5.41 Å². The minimum absolute atomic E-state index is 0.0201. The first kappa shape index (κ1) is 16.2. The second kappa shape index (κ2) is 5.78. The van der Waals surface area contributed by atoms with Crippen LogP contribution in [0.3, 0.4) is 0 Å². The molecule has 0 unspecified atom stereocenters. The number of benzene rings is 2.